The van der Waals surface area contributed by atoms with Gasteiger partial charge in [-0.2, -0.15) is 0 Å². The molecule has 0 aliphatic carbocycles. The molecular formula is C23H26N4O3S. The largest absolute Gasteiger partial charge is 0.338 e. The van der Waals surface area contributed by atoms with Gasteiger partial charge < -0.3 is 5.32 Å². The van der Waals surface area contributed by atoms with Gasteiger partial charge in [0.05, 0.1) is 22.3 Å². The first kappa shape index (κ1) is 22.6. The number of benzene rings is 2. The van der Waals surface area contributed by atoms with E-state index in [4.69, 9.17) is 0 Å². The summed E-state index contributed by atoms with van der Waals surface area (Å²) >= 11 is 1.12. The number of imide groups is 1. The molecule has 2 N–H and O–H groups in total. The molecule has 1 heterocycles. The predicted molar refractivity (Wildman–Crippen MR) is 124 cm³/mol. The van der Waals surface area contributed by atoms with Crippen LogP contribution in [0, 0.1) is 13.8 Å². The first-order chi connectivity index (χ1) is 14.9. The second kappa shape index (κ2) is 10.3. The number of carbonyl (C=O) groups excluding carboxylic acids is 2. The zero-order valence-electron chi connectivity index (χ0n) is 17.9. The Morgan fingerprint density at radius 3 is 2.68 bits per heavy atom. The van der Waals surface area contributed by atoms with Gasteiger partial charge in [-0.15, -0.1) is 0 Å². The SMILES string of the molecule is CCCCNC(=O)NC(=O)CSc1nc2ccccc2c(=O)n1-c1cc(C)ccc1C. The van der Waals surface area contributed by atoms with Crippen LogP contribution in [0.3, 0.4) is 0 Å². The molecule has 0 aliphatic rings. The van der Waals surface area contributed by atoms with E-state index < -0.39 is 11.9 Å². The van der Waals surface area contributed by atoms with Crippen molar-refractivity contribution in [3.63, 3.8) is 0 Å². The van der Waals surface area contributed by atoms with Crippen molar-refractivity contribution >= 4 is 34.6 Å². The molecule has 8 heteroatoms. The average molecular weight is 439 g/mol. The fourth-order valence-corrected chi connectivity index (χ4v) is 3.90. The maximum Gasteiger partial charge on any atom is 0.321 e. The summed E-state index contributed by atoms with van der Waals surface area (Å²) in [5.41, 5.74) is 3.03. The van der Waals surface area contributed by atoms with Gasteiger partial charge in [0, 0.05) is 6.54 Å². The average Bonchev–Trinajstić information content (AvgIpc) is 2.74. The standard InChI is InChI=1S/C23H26N4O3S/c1-4-5-12-24-22(30)26-20(28)14-31-23-25-18-9-7-6-8-17(18)21(29)27(23)19-13-15(2)10-11-16(19)3/h6-11,13H,4-5,12,14H2,1-3H3,(H2,24,26,28,30). The minimum Gasteiger partial charge on any atom is -0.338 e. The van der Waals surface area contributed by atoms with Crippen LogP contribution in [-0.2, 0) is 4.79 Å². The number of urea groups is 1. The fourth-order valence-electron chi connectivity index (χ4n) is 3.10. The number of unbranched alkanes of at least 4 members (excludes halogenated alkanes) is 1. The number of para-hydroxylation sites is 1. The minimum absolute atomic E-state index is 0.0448. The second-order valence-electron chi connectivity index (χ2n) is 7.29. The van der Waals surface area contributed by atoms with Crippen molar-refractivity contribution in [2.75, 3.05) is 12.3 Å². The zero-order chi connectivity index (χ0) is 22.4. The van der Waals surface area contributed by atoms with Gasteiger partial charge in [-0.3, -0.25) is 19.5 Å². The highest BCUT2D eigenvalue weighted by Gasteiger charge is 2.17. The lowest BCUT2D eigenvalue weighted by molar-refractivity contribution is -0.117. The topological polar surface area (TPSA) is 93.1 Å². The Hall–Kier alpha value is -3.13. The summed E-state index contributed by atoms with van der Waals surface area (Å²) < 4.78 is 1.55. The van der Waals surface area contributed by atoms with Crippen molar-refractivity contribution in [2.24, 2.45) is 0 Å². The molecule has 0 fully saturated rings. The van der Waals surface area contributed by atoms with Crippen molar-refractivity contribution in [3.05, 3.63) is 63.9 Å². The quantitative estimate of drug-likeness (QED) is 0.333. The Kier molecular flexibility index (Phi) is 7.46. The van der Waals surface area contributed by atoms with Crippen LogP contribution in [0.15, 0.2) is 52.4 Å². The number of nitrogens with one attached hydrogen (secondary N) is 2. The molecule has 0 saturated heterocycles. The Morgan fingerprint density at radius 1 is 1.13 bits per heavy atom. The van der Waals surface area contributed by atoms with Gasteiger partial charge in [0.15, 0.2) is 5.16 Å². The normalized spacial score (nSPS) is 10.8. The molecule has 0 bridgehead atoms. The number of hydrogen-bond acceptors (Lipinski definition) is 5. The summed E-state index contributed by atoms with van der Waals surface area (Å²) in [5, 5.41) is 5.87. The predicted octanol–water partition coefficient (Wildman–Crippen LogP) is 3.72. The van der Waals surface area contributed by atoms with Gasteiger partial charge in [-0.05, 0) is 49.6 Å². The summed E-state index contributed by atoms with van der Waals surface area (Å²) in [6.45, 7) is 6.42. The van der Waals surface area contributed by atoms with Crippen LogP contribution in [0.25, 0.3) is 16.6 Å². The number of thioether (sulfide) groups is 1. The van der Waals surface area contributed by atoms with Crippen molar-refractivity contribution < 1.29 is 9.59 Å². The number of fused-ring (bicyclic) bond motifs is 1. The van der Waals surface area contributed by atoms with E-state index in [2.05, 4.69) is 15.6 Å². The van der Waals surface area contributed by atoms with E-state index >= 15 is 0 Å². The molecule has 0 aliphatic heterocycles. The Bertz CT molecular complexity index is 1170. The third-order valence-corrected chi connectivity index (χ3v) is 5.69. The molecule has 3 rings (SSSR count). The number of aryl methyl sites for hydroxylation is 2. The summed E-state index contributed by atoms with van der Waals surface area (Å²) in [7, 11) is 0. The van der Waals surface area contributed by atoms with E-state index in [0.29, 0.717) is 22.6 Å². The van der Waals surface area contributed by atoms with Gasteiger partial charge in [0.2, 0.25) is 5.91 Å². The van der Waals surface area contributed by atoms with Crippen molar-refractivity contribution in [1.82, 2.24) is 20.2 Å². The van der Waals surface area contributed by atoms with Crippen LogP contribution in [0.5, 0.6) is 0 Å². The Labute approximate surface area is 185 Å². The first-order valence-electron chi connectivity index (χ1n) is 10.2. The first-order valence-corrected chi connectivity index (χ1v) is 11.2. The fraction of sp³-hybridized carbons (Fsp3) is 0.304. The second-order valence-corrected chi connectivity index (χ2v) is 8.23. The summed E-state index contributed by atoms with van der Waals surface area (Å²) in [5.74, 6) is -0.495. The molecule has 0 spiro atoms. The van der Waals surface area contributed by atoms with E-state index in [1.165, 1.54) is 0 Å². The Morgan fingerprint density at radius 2 is 1.90 bits per heavy atom. The van der Waals surface area contributed by atoms with Gasteiger partial charge in [-0.1, -0.05) is 49.4 Å². The summed E-state index contributed by atoms with van der Waals surface area (Å²) in [4.78, 5) is 42.1. The molecule has 0 unspecified atom stereocenters. The molecule has 3 amide bonds. The van der Waals surface area contributed by atoms with Crippen molar-refractivity contribution in [1.29, 1.82) is 0 Å². The smallest absolute Gasteiger partial charge is 0.321 e. The highest BCUT2D eigenvalue weighted by Crippen LogP contribution is 2.23. The van der Waals surface area contributed by atoms with E-state index in [1.54, 1.807) is 22.8 Å². The summed E-state index contributed by atoms with van der Waals surface area (Å²) in [6.07, 6.45) is 1.80. The van der Waals surface area contributed by atoms with E-state index in [1.807, 2.05) is 45.0 Å². The molecule has 0 atom stereocenters. The summed E-state index contributed by atoms with van der Waals surface area (Å²) in [6, 6.07) is 12.5. The number of carbonyl (C=O) groups is 2. The molecule has 31 heavy (non-hydrogen) atoms. The molecule has 2 aromatic carbocycles. The molecule has 162 valence electrons. The number of rotatable bonds is 7. The van der Waals surface area contributed by atoms with Crippen LogP contribution in [0.1, 0.15) is 30.9 Å². The van der Waals surface area contributed by atoms with Crippen LogP contribution >= 0.6 is 11.8 Å². The van der Waals surface area contributed by atoms with Crippen LogP contribution in [0.4, 0.5) is 4.79 Å². The molecule has 3 aromatic rings. The third kappa shape index (κ3) is 5.52. The lowest BCUT2D eigenvalue weighted by atomic mass is 10.1. The number of aromatic nitrogens is 2. The van der Waals surface area contributed by atoms with Gasteiger partial charge in [-0.25, -0.2) is 9.78 Å². The van der Waals surface area contributed by atoms with E-state index in [9.17, 15) is 14.4 Å². The van der Waals surface area contributed by atoms with Crippen LogP contribution in [-0.4, -0.2) is 33.8 Å². The van der Waals surface area contributed by atoms with Crippen molar-refractivity contribution in [3.8, 4) is 5.69 Å². The lowest BCUT2D eigenvalue weighted by Crippen LogP contribution is -2.40. The van der Waals surface area contributed by atoms with Gasteiger partial charge in [0.1, 0.15) is 0 Å². The molecular weight excluding hydrogens is 412 g/mol. The number of hydrogen-bond donors (Lipinski definition) is 2. The van der Waals surface area contributed by atoms with Gasteiger partial charge >= 0.3 is 6.03 Å². The molecule has 1 aromatic heterocycles. The Balaban J connectivity index is 1.91. The highest BCUT2D eigenvalue weighted by molar-refractivity contribution is 7.99. The molecule has 7 nitrogen and oxygen atoms in total. The van der Waals surface area contributed by atoms with Gasteiger partial charge in [0.25, 0.3) is 5.56 Å². The monoisotopic (exact) mass is 438 g/mol. The van der Waals surface area contributed by atoms with Crippen LogP contribution < -0.4 is 16.2 Å². The number of amides is 3. The van der Waals surface area contributed by atoms with E-state index in [-0.39, 0.29) is 11.3 Å². The number of nitrogens with zero attached hydrogens (tertiary/aromatic N) is 2. The zero-order valence-corrected chi connectivity index (χ0v) is 18.7. The van der Waals surface area contributed by atoms with Crippen molar-refractivity contribution in [2.45, 2.75) is 38.8 Å². The maximum absolute atomic E-state index is 13.3. The molecule has 0 radical (unpaired) electrons. The maximum atomic E-state index is 13.3. The molecule has 0 saturated carbocycles. The van der Waals surface area contributed by atoms with E-state index in [0.717, 1.165) is 41.4 Å². The third-order valence-electron chi connectivity index (χ3n) is 4.75. The van der Waals surface area contributed by atoms with Crippen LogP contribution in [0.2, 0.25) is 0 Å². The minimum atomic E-state index is -0.516. The highest BCUT2D eigenvalue weighted by atomic mass is 32.2. The lowest BCUT2D eigenvalue weighted by Gasteiger charge is -2.15.